The highest BCUT2D eigenvalue weighted by atomic mass is 16.5. The SMILES string of the molecule is COCCN1CCC[C@H](c2[nH]ncc2NC(=O)C2CCCC2)C1. The number of nitrogens with zero attached hydrogens (tertiary/aromatic N) is 2. The number of hydrogen-bond donors (Lipinski definition) is 2. The highest BCUT2D eigenvalue weighted by Gasteiger charge is 2.27. The second kappa shape index (κ2) is 7.93. The summed E-state index contributed by atoms with van der Waals surface area (Å²) in [6, 6.07) is 0. The third kappa shape index (κ3) is 4.12. The zero-order valence-corrected chi connectivity index (χ0v) is 14.0. The molecule has 23 heavy (non-hydrogen) atoms. The molecule has 2 aliphatic rings. The van der Waals surface area contributed by atoms with E-state index >= 15 is 0 Å². The lowest BCUT2D eigenvalue weighted by molar-refractivity contribution is -0.119. The molecule has 1 atom stereocenters. The Labute approximate surface area is 138 Å². The van der Waals surface area contributed by atoms with Crippen molar-refractivity contribution >= 4 is 11.6 Å². The molecule has 0 spiro atoms. The maximum Gasteiger partial charge on any atom is 0.227 e. The standard InChI is InChI=1S/C17H28N4O2/c1-23-10-9-21-8-4-7-14(12-21)16-15(11-18-20-16)19-17(22)13-5-2-3-6-13/h11,13-14H,2-10,12H2,1H3,(H,18,20)(H,19,22)/t14-/m0/s1. The molecule has 1 saturated heterocycles. The van der Waals surface area contributed by atoms with Gasteiger partial charge >= 0.3 is 0 Å². The van der Waals surface area contributed by atoms with Gasteiger partial charge in [-0.05, 0) is 32.2 Å². The monoisotopic (exact) mass is 320 g/mol. The number of amides is 1. The summed E-state index contributed by atoms with van der Waals surface area (Å²) in [7, 11) is 1.74. The minimum absolute atomic E-state index is 0.164. The molecule has 3 rings (SSSR count). The molecule has 6 nitrogen and oxygen atoms in total. The van der Waals surface area contributed by atoms with Crippen LogP contribution < -0.4 is 5.32 Å². The van der Waals surface area contributed by atoms with E-state index in [1.165, 1.54) is 19.3 Å². The minimum Gasteiger partial charge on any atom is -0.383 e. The maximum absolute atomic E-state index is 12.4. The molecule has 1 aromatic heterocycles. The molecule has 0 radical (unpaired) electrons. The van der Waals surface area contributed by atoms with Gasteiger partial charge in [-0.3, -0.25) is 9.89 Å². The topological polar surface area (TPSA) is 70.2 Å². The number of H-pyrrole nitrogens is 1. The summed E-state index contributed by atoms with van der Waals surface area (Å²) in [4.78, 5) is 14.8. The van der Waals surface area contributed by atoms with Crippen LogP contribution >= 0.6 is 0 Å². The predicted octanol–water partition coefficient (Wildman–Crippen LogP) is 2.36. The molecule has 0 unspecified atom stereocenters. The van der Waals surface area contributed by atoms with Crippen molar-refractivity contribution in [3.63, 3.8) is 0 Å². The van der Waals surface area contributed by atoms with Gasteiger partial charge in [0.2, 0.25) is 5.91 Å². The summed E-state index contributed by atoms with van der Waals surface area (Å²) in [5.41, 5.74) is 1.96. The second-order valence-electron chi connectivity index (χ2n) is 6.80. The Hall–Kier alpha value is -1.40. The van der Waals surface area contributed by atoms with Crippen LogP contribution in [0.2, 0.25) is 0 Å². The molecule has 2 heterocycles. The van der Waals surface area contributed by atoms with Crippen LogP contribution in [0.4, 0.5) is 5.69 Å². The molecular formula is C17H28N4O2. The Morgan fingerprint density at radius 3 is 3.00 bits per heavy atom. The molecule has 2 N–H and O–H groups in total. The quantitative estimate of drug-likeness (QED) is 0.844. The Morgan fingerprint density at radius 2 is 2.22 bits per heavy atom. The van der Waals surface area contributed by atoms with Gasteiger partial charge in [-0.25, -0.2) is 0 Å². The van der Waals surface area contributed by atoms with Crippen molar-refractivity contribution in [2.75, 3.05) is 38.7 Å². The molecule has 1 aliphatic carbocycles. The van der Waals surface area contributed by atoms with Crippen molar-refractivity contribution < 1.29 is 9.53 Å². The molecular weight excluding hydrogens is 292 g/mol. The highest BCUT2D eigenvalue weighted by molar-refractivity contribution is 5.93. The number of nitrogens with one attached hydrogen (secondary N) is 2. The van der Waals surface area contributed by atoms with E-state index in [0.29, 0.717) is 5.92 Å². The van der Waals surface area contributed by atoms with E-state index in [1.807, 2.05) is 0 Å². The van der Waals surface area contributed by atoms with E-state index in [2.05, 4.69) is 20.4 Å². The fourth-order valence-corrected chi connectivity index (χ4v) is 3.84. The molecule has 0 aromatic carbocycles. The first kappa shape index (κ1) is 16.5. The summed E-state index contributed by atoms with van der Waals surface area (Å²) in [5, 5.41) is 10.4. The fourth-order valence-electron chi connectivity index (χ4n) is 3.84. The van der Waals surface area contributed by atoms with Gasteiger partial charge in [-0.15, -0.1) is 0 Å². The summed E-state index contributed by atoms with van der Waals surface area (Å²) < 4.78 is 5.19. The number of hydrogen-bond acceptors (Lipinski definition) is 4. The average Bonchev–Trinajstić information content (AvgIpc) is 3.24. The molecule has 128 valence electrons. The van der Waals surface area contributed by atoms with Crippen LogP contribution in [0.5, 0.6) is 0 Å². The minimum atomic E-state index is 0.164. The van der Waals surface area contributed by atoms with E-state index < -0.39 is 0 Å². The van der Waals surface area contributed by atoms with Crippen molar-refractivity contribution in [2.24, 2.45) is 5.92 Å². The van der Waals surface area contributed by atoms with Crippen molar-refractivity contribution in [2.45, 2.75) is 44.4 Å². The lowest BCUT2D eigenvalue weighted by Crippen LogP contribution is -2.37. The Bertz CT molecular complexity index is 510. The Kier molecular flexibility index (Phi) is 5.67. The first-order chi connectivity index (χ1) is 11.3. The van der Waals surface area contributed by atoms with Gasteiger partial charge in [0.15, 0.2) is 0 Å². The van der Waals surface area contributed by atoms with Gasteiger partial charge in [0.05, 0.1) is 24.2 Å². The predicted molar refractivity (Wildman–Crippen MR) is 89.5 cm³/mol. The number of aromatic nitrogens is 2. The number of carbonyl (C=O) groups is 1. The number of aromatic amines is 1. The third-order valence-corrected chi connectivity index (χ3v) is 5.18. The summed E-state index contributed by atoms with van der Waals surface area (Å²) >= 11 is 0. The van der Waals surface area contributed by atoms with Crippen LogP contribution in [0.15, 0.2) is 6.20 Å². The molecule has 0 bridgehead atoms. The average molecular weight is 320 g/mol. The number of carbonyl (C=O) groups excluding carboxylic acids is 1. The van der Waals surface area contributed by atoms with Crippen LogP contribution in [0.25, 0.3) is 0 Å². The van der Waals surface area contributed by atoms with Gasteiger partial charge in [-0.2, -0.15) is 5.10 Å². The number of methoxy groups -OCH3 is 1. The van der Waals surface area contributed by atoms with E-state index in [0.717, 1.165) is 56.9 Å². The van der Waals surface area contributed by atoms with Crippen molar-refractivity contribution in [3.8, 4) is 0 Å². The zero-order chi connectivity index (χ0) is 16.1. The van der Waals surface area contributed by atoms with Crippen LogP contribution in [0.1, 0.15) is 50.1 Å². The van der Waals surface area contributed by atoms with E-state index in [9.17, 15) is 4.79 Å². The third-order valence-electron chi connectivity index (χ3n) is 5.18. The van der Waals surface area contributed by atoms with Gasteiger partial charge in [0, 0.05) is 32.0 Å². The van der Waals surface area contributed by atoms with Crippen molar-refractivity contribution in [1.82, 2.24) is 15.1 Å². The first-order valence-corrected chi connectivity index (χ1v) is 8.83. The molecule has 1 saturated carbocycles. The highest BCUT2D eigenvalue weighted by Crippen LogP contribution is 2.31. The van der Waals surface area contributed by atoms with Crippen LogP contribution in [-0.2, 0) is 9.53 Å². The van der Waals surface area contributed by atoms with Crippen molar-refractivity contribution in [1.29, 1.82) is 0 Å². The number of rotatable bonds is 6. The Morgan fingerprint density at radius 1 is 1.39 bits per heavy atom. The van der Waals surface area contributed by atoms with E-state index in [-0.39, 0.29) is 11.8 Å². The summed E-state index contributed by atoms with van der Waals surface area (Å²) in [6.07, 6.45) is 8.46. The number of anilines is 1. The molecule has 1 aliphatic heterocycles. The molecule has 2 fully saturated rings. The van der Waals surface area contributed by atoms with Gasteiger partial charge < -0.3 is 15.0 Å². The lowest BCUT2D eigenvalue weighted by atomic mass is 9.94. The van der Waals surface area contributed by atoms with Gasteiger partial charge in [0.1, 0.15) is 0 Å². The molecule has 1 aromatic rings. The Balaban J connectivity index is 1.61. The lowest BCUT2D eigenvalue weighted by Gasteiger charge is -2.32. The summed E-state index contributed by atoms with van der Waals surface area (Å²) in [5.74, 6) is 0.751. The molecule has 6 heteroatoms. The number of piperidine rings is 1. The molecule has 1 amide bonds. The van der Waals surface area contributed by atoms with E-state index in [1.54, 1.807) is 13.3 Å². The van der Waals surface area contributed by atoms with Crippen LogP contribution in [0, 0.1) is 5.92 Å². The zero-order valence-electron chi connectivity index (χ0n) is 14.0. The normalized spacial score (nSPS) is 23.3. The smallest absolute Gasteiger partial charge is 0.227 e. The number of ether oxygens (including phenoxy) is 1. The van der Waals surface area contributed by atoms with Gasteiger partial charge in [0.25, 0.3) is 0 Å². The first-order valence-electron chi connectivity index (χ1n) is 8.83. The van der Waals surface area contributed by atoms with Gasteiger partial charge in [-0.1, -0.05) is 12.8 Å². The largest absolute Gasteiger partial charge is 0.383 e. The van der Waals surface area contributed by atoms with E-state index in [4.69, 9.17) is 4.74 Å². The number of likely N-dealkylation sites (tertiary alicyclic amines) is 1. The maximum atomic E-state index is 12.4. The summed E-state index contributed by atoms with van der Waals surface area (Å²) in [6.45, 7) is 3.85. The van der Waals surface area contributed by atoms with Crippen molar-refractivity contribution in [3.05, 3.63) is 11.9 Å². The second-order valence-corrected chi connectivity index (χ2v) is 6.80. The van der Waals surface area contributed by atoms with Crippen LogP contribution in [0.3, 0.4) is 0 Å². The van der Waals surface area contributed by atoms with Crippen LogP contribution in [-0.4, -0.2) is 54.4 Å². The fraction of sp³-hybridized carbons (Fsp3) is 0.765.